The number of nitrogens with one attached hydrogen (secondary N) is 1. The van der Waals surface area contributed by atoms with Gasteiger partial charge in [-0.2, -0.15) is 0 Å². The minimum Gasteiger partial charge on any atom is -0.444 e. The van der Waals surface area contributed by atoms with Crippen molar-refractivity contribution in [1.82, 2.24) is 5.32 Å². The van der Waals surface area contributed by atoms with Crippen LogP contribution < -0.4 is 5.32 Å². The number of ether oxygens (including phenoxy) is 1. The second-order valence-electron chi connectivity index (χ2n) is 6.17. The Hall–Kier alpha value is -1.33. The molecular formula is C13H24N2O4. The van der Waals surface area contributed by atoms with Gasteiger partial charge in [0, 0.05) is 4.92 Å². The lowest BCUT2D eigenvalue weighted by Crippen LogP contribution is -2.47. The maximum Gasteiger partial charge on any atom is 0.408 e. The number of hydrogen-bond acceptors (Lipinski definition) is 4. The Bertz CT molecular complexity index is 319. The Morgan fingerprint density at radius 3 is 2.42 bits per heavy atom. The molecule has 6 nitrogen and oxygen atoms in total. The number of amides is 1. The number of nitrogens with zero attached hydrogens (tertiary/aromatic N) is 1. The summed E-state index contributed by atoms with van der Waals surface area (Å²) in [6.45, 7) is 5.09. The van der Waals surface area contributed by atoms with Crippen LogP contribution in [-0.2, 0) is 4.74 Å². The van der Waals surface area contributed by atoms with E-state index in [0.717, 1.165) is 25.7 Å². The molecule has 1 aliphatic carbocycles. The number of carbonyl (C=O) groups excluding carboxylic acids is 1. The van der Waals surface area contributed by atoms with Crippen molar-refractivity contribution in [2.45, 2.75) is 64.5 Å². The summed E-state index contributed by atoms with van der Waals surface area (Å²) in [6, 6.07) is -0.426. The van der Waals surface area contributed by atoms with Gasteiger partial charge in [0.15, 0.2) is 0 Å². The minimum absolute atomic E-state index is 0.187. The molecule has 1 fully saturated rings. The normalized spacial score (nSPS) is 18.7. The predicted molar refractivity (Wildman–Crippen MR) is 71.6 cm³/mol. The lowest BCUT2D eigenvalue weighted by molar-refractivity contribution is -0.485. The molecule has 6 heteroatoms. The third-order valence-electron chi connectivity index (χ3n) is 3.27. The highest BCUT2D eigenvalue weighted by atomic mass is 16.6. The highest BCUT2D eigenvalue weighted by molar-refractivity contribution is 5.68. The fraction of sp³-hybridized carbons (Fsp3) is 0.923. The van der Waals surface area contributed by atoms with E-state index in [1.807, 2.05) is 0 Å². The fourth-order valence-corrected chi connectivity index (χ4v) is 2.47. The predicted octanol–water partition coefficient (Wildman–Crippen LogP) is 2.74. The molecule has 1 aliphatic rings. The fourth-order valence-electron chi connectivity index (χ4n) is 2.47. The first-order valence-electron chi connectivity index (χ1n) is 6.89. The lowest BCUT2D eigenvalue weighted by Gasteiger charge is -2.29. The van der Waals surface area contributed by atoms with Crippen LogP contribution in [-0.4, -0.2) is 29.2 Å². The molecule has 0 heterocycles. The molecule has 0 aromatic heterocycles. The van der Waals surface area contributed by atoms with Crippen LogP contribution in [0.1, 0.15) is 52.9 Å². The molecular weight excluding hydrogens is 248 g/mol. The van der Waals surface area contributed by atoms with Gasteiger partial charge in [-0.05, 0) is 39.5 Å². The summed E-state index contributed by atoms with van der Waals surface area (Å²) in [6.07, 6.45) is 4.64. The van der Waals surface area contributed by atoms with Crippen molar-refractivity contribution in [3.05, 3.63) is 10.1 Å². The summed E-state index contributed by atoms with van der Waals surface area (Å²) in [7, 11) is 0. The van der Waals surface area contributed by atoms with Crippen molar-refractivity contribution in [3.63, 3.8) is 0 Å². The summed E-state index contributed by atoms with van der Waals surface area (Å²) in [5.74, 6) is 0.187. The SMILES string of the molecule is CC(C)(C)OC(=O)N[C@H](C[N+](=O)[O-])C1CCCCC1. The van der Waals surface area contributed by atoms with Crippen molar-refractivity contribution in [2.24, 2.45) is 5.92 Å². The zero-order valence-corrected chi connectivity index (χ0v) is 12.0. The monoisotopic (exact) mass is 272 g/mol. The summed E-state index contributed by atoms with van der Waals surface area (Å²) < 4.78 is 5.17. The molecule has 1 amide bonds. The van der Waals surface area contributed by atoms with Gasteiger partial charge >= 0.3 is 6.09 Å². The minimum atomic E-state index is -0.587. The highest BCUT2D eigenvalue weighted by Crippen LogP contribution is 2.26. The molecule has 0 aliphatic heterocycles. The lowest BCUT2D eigenvalue weighted by atomic mass is 9.84. The van der Waals surface area contributed by atoms with Gasteiger partial charge < -0.3 is 10.1 Å². The van der Waals surface area contributed by atoms with E-state index < -0.39 is 17.7 Å². The Morgan fingerprint density at radius 2 is 1.95 bits per heavy atom. The zero-order chi connectivity index (χ0) is 14.5. The molecule has 1 rings (SSSR count). The molecule has 0 aromatic carbocycles. The number of rotatable bonds is 4. The van der Waals surface area contributed by atoms with Crippen molar-refractivity contribution in [3.8, 4) is 0 Å². The quantitative estimate of drug-likeness (QED) is 0.630. The Balaban J connectivity index is 2.58. The van der Waals surface area contributed by atoms with Crippen LogP contribution in [0.5, 0.6) is 0 Å². The van der Waals surface area contributed by atoms with Crippen molar-refractivity contribution < 1.29 is 14.5 Å². The molecule has 1 N–H and O–H groups in total. The Kier molecular flexibility index (Phi) is 5.57. The number of hydrogen-bond donors (Lipinski definition) is 1. The summed E-state index contributed by atoms with van der Waals surface area (Å²) >= 11 is 0. The van der Waals surface area contributed by atoms with Crippen molar-refractivity contribution in [2.75, 3.05) is 6.54 Å². The third-order valence-corrected chi connectivity index (χ3v) is 3.27. The first kappa shape index (κ1) is 15.7. The van der Waals surface area contributed by atoms with Crippen molar-refractivity contribution >= 4 is 6.09 Å². The van der Waals surface area contributed by atoms with Crippen molar-refractivity contribution in [1.29, 1.82) is 0 Å². The zero-order valence-electron chi connectivity index (χ0n) is 12.0. The molecule has 0 bridgehead atoms. The van der Waals surface area contributed by atoms with Gasteiger partial charge in [-0.15, -0.1) is 0 Å². The number of carbonyl (C=O) groups is 1. The van der Waals surface area contributed by atoms with E-state index in [9.17, 15) is 14.9 Å². The van der Waals surface area contributed by atoms with Gasteiger partial charge in [0.05, 0.1) is 6.04 Å². The molecule has 0 spiro atoms. The second kappa shape index (κ2) is 6.73. The van der Waals surface area contributed by atoms with E-state index in [1.54, 1.807) is 20.8 Å². The van der Waals surface area contributed by atoms with Gasteiger partial charge in [-0.3, -0.25) is 10.1 Å². The van der Waals surface area contributed by atoms with E-state index in [-0.39, 0.29) is 17.4 Å². The van der Waals surface area contributed by atoms with Gasteiger partial charge in [-0.25, -0.2) is 4.79 Å². The van der Waals surface area contributed by atoms with E-state index >= 15 is 0 Å². The molecule has 0 unspecified atom stereocenters. The molecule has 0 aromatic rings. The summed E-state index contributed by atoms with van der Waals surface area (Å²) in [4.78, 5) is 22.1. The molecule has 110 valence electrons. The topological polar surface area (TPSA) is 81.5 Å². The average Bonchev–Trinajstić information content (AvgIpc) is 2.26. The maximum absolute atomic E-state index is 11.7. The van der Waals surface area contributed by atoms with E-state index in [2.05, 4.69) is 5.32 Å². The van der Waals surface area contributed by atoms with Gasteiger partial charge in [0.1, 0.15) is 5.60 Å². The van der Waals surface area contributed by atoms with Crippen LogP contribution in [0.4, 0.5) is 4.79 Å². The molecule has 19 heavy (non-hydrogen) atoms. The van der Waals surface area contributed by atoms with Crippen LogP contribution in [0.25, 0.3) is 0 Å². The van der Waals surface area contributed by atoms with Crippen LogP contribution in [0, 0.1) is 16.0 Å². The molecule has 1 atom stereocenters. The largest absolute Gasteiger partial charge is 0.444 e. The number of nitro groups is 1. The summed E-state index contributed by atoms with van der Waals surface area (Å²) in [5, 5.41) is 13.4. The Morgan fingerprint density at radius 1 is 1.37 bits per heavy atom. The van der Waals surface area contributed by atoms with E-state index in [4.69, 9.17) is 4.74 Å². The van der Waals surface area contributed by atoms with Crippen LogP contribution in [0.2, 0.25) is 0 Å². The summed E-state index contributed by atoms with van der Waals surface area (Å²) in [5.41, 5.74) is -0.587. The van der Waals surface area contributed by atoms with E-state index in [0.29, 0.717) is 0 Å². The van der Waals surface area contributed by atoms with Gasteiger partial charge in [0.2, 0.25) is 6.54 Å². The van der Waals surface area contributed by atoms with Gasteiger partial charge in [-0.1, -0.05) is 19.3 Å². The standard InChI is InChI=1S/C13H24N2O4/c1-13(2,3)19-12(16)14-11(9-15(17)18)10-7-5-4-6-8-10/h10-11H,4-9H2,1-3H3,(H,14,16)/t11-/m1/s1. The van der Waals surface area contributed by atoms with Gasteiger partial charge in [0.25, 0.3) is 0 Å². The third kappa shape index (κ3) is 6.40. The first-order valence-corrected chi connectivity index (χ1v) is 6.89. The maximum atomic E-state index is 11.7. The van der Waals surface area contributed by atoms with E-state index in [1.165, 1.54) is 6.42 Å². The van der Waals surface area contributed by atoms with Crippen LogP contribution in [0.15, 0.2) is 0 Å². The van der Waals surface area contributed by atoms with Crippen LogP contribution >= 0.6 is 0 Å². The number of alkyl carbamates (subject to hydrolysis) is 1. The highest BCUT2D eigenvalue weighted by Gasteiger charge is 2.30. The second-order valence-corrected chi connectivity index (χ2v) is 6.17. The Labute approximate surface area is 114 Å². The average molecular weight is 272 g/mol. The first-order chi connectivity index (χ1) is 8.78. The molecule has 0 saturated heterocycles. The van der Waals surface area contributed by atoms with Crippen LogP contribution in [0.3, 0.4) is 0 Å². The molecule has 0 radical (unpaired) electrons. The molecule has 1 saturated carbocycles. The smallest absolute Gasteiger partial charge is 0.408 e.